The summed E-state index contributed by atoms with van der Waals surface area (Å²) in [5, 5.41) is 7.76. The van der Waals surface area contributed by atoms with E-state index < -0.39 is 6.23 Å². The van der Waals surface area contributed by atoms with E-state index in [0.717, 1.165) is 22.4 Å². The van der Waals surface area contributed by atoms with Gasteiger partial charge in [0.25, 0.3) is 0 Å². The minimum Gasteiger partial charge on any atom is -0.463 e. The zero-order chi connectivity index (χ0) is 19.3. The van der Waals surface area contributed by atoms with E-state index in [1.165, 1.54) is 12.1 Å². The highest BCUT2D eigenvalue weighted by atomic mass is 35.5. The van der Waals surface area contributed by atoms with Crippen molar-refractivity contribution in [1.82, 2.24) is 9.99 Å². The molecule has 3 aromatic rings. The van der Waals surface area contributed by atoms with E-state index >= 15 is 0 Å². The van der Waals surface area contributed by atoms with Crippen molar-refractivity contribution in [2.45, 2.75) is 18.7 Å². The third-order valence-electron chi connectivity index (χ3n) is 4.98. The first-order chi connectivity index (χ1) is 13.6. The van der Waals surface area contributed by atoms with Crippen LogP contribution < -0.4 is 4.74 Å². The van der Waals surface area contributed by atoms with Crippen molar-refractivity contribution in [2.24, 2.45) is 5.10 Å². The van der Waals surface area contributed by atoms with Gasteiger partial charge in [-0.15, -0.1) is 0 Å². The fourth-order valence-electron chi connectivity index (χ4n) is 3.68. The van der Waals surface area contributed by atoms with Crippen LogP contribution in [0.4, 0.5) is 4.39 Å². The van der Waals surface area contributed by atoms with E-state index in [1.807, 2.05) is 23.2 Å². The Balaban J connectivity index is 1.63. The van der Waals surface area contributed by atoms with Gasteiger partial charge >= 0.3 is 0 Å². The Bertz CT molecular complexity index is 1070. The molecule has 0 radical (unpaired) electrons. The molecule has 0 unspecified atom stereocenters. The molecular formula is C21H14Cl2FN3O. The molecule has 0 spiro atoms. The van der Waals surface area contributed by atoms with Crippen molar-refractivity contribution in [3.05, 3.63) is 93.5 Å². The minimum atomic E-state index is -0.447. The Morgan fingerprint density at radius 2 is 1.79 bits per heavy atom. The lowest BCUT2D eigenvalue weighted by atomic mass is 9.96. The number of benzene rings is 2. The van der Waals surface area contributed by atoms with Gasteiger partial charge < -0.3 is 4.74 Å². The number of nitrogens with zero attached hydrogens (tertiary/aromatic N) is 3. The van der Waals surface area contributed by atoms with Gasteiger partial charge in [0.15, 0.2) is 0 Å². The van der Waals surface area contributed by atoms with Crippen LogP contribution in [0.2, 0.25) is 10.0 Å². The topological polar surface area (TPSA) is 37.7 Å². The van der Waals surface area contributed by atoms with E-state index in [2.05, 4.69) is 4.98 Å². The van der Waals surface area contributed by atoms with Gasteiger partial charge in [-0.2, -0.15) is 5.10 Å². The number of hydrogen-bond acceptors (Lipinski definition) is 4. The molecule has 1 aromatic heterocycles. The number of fused-ring (bicyclic) bond motifs is 3. The lowest BCUT2D eigenvalue weighted by Gasteiger charge is -2.38. The molecule has 0 amide bonds. The van der Waals surface area contributed by atoms with Crippen molar-refractivity contribution in [2.75, 3.05) is 0 Å². The van der Waals surface area contributed by atoms with Crippen LogP contribution in [0.3, 0.4) is 0 Å². The highest BCUT2D eigenvalue weighted by molar-refractivity contribution is 6.35. The van der Waals surface area contributed by atoms with Crippen molar-refractivity contribution in [3.63, 3.8) is 0 Å². The zero-order valence-electron chi connectivity index (χ0n) is 14.5. The lowest BCUT2D eigenvalue weighted by molar-refractivity contribution is -0.0189. The molecule has 0 saturated carbocycles. The molecule has 7 heteroatoms. The number of ether oxygens (including phenoxy) is 1. The Labute approximate surface area is 171 Å². The molecule has 3 heterocycles. The summed E-state index contributed by atoms with van der Waals surface area (Å²) in [6.45, 7) is 0. The molecular weight excluding hydrogens is 400 g/mol. The van der Waals surface area contributed by atoms with Gasteiger partial charge in [0.2, 0.25) is 6.23 Å². The number of halogens is 3. The summed E-state index contributed by atoms with van der Waals surface area (Å²) >= 11 is 12.7. The van der Waals surface area contributed by atoms with Crippen molar-refractivity contribution < 1.29 is 9.13 Å². The number of rotatable bonds is 2. The summed E-state index contributed by atoms with van der Waals surface area (Å²) < 4.78 is 19.6. The average molecular weight is 414 g/mol. The average Bonchev–Trinajstić information content (AvgIpc) is 3.14. The van der Waals surface area contributed by atoms with Gasteiger partial charge in [0, 0.05) is 35.0 Å². The van der Waals surface area contributed by atoms with Gasteiger partial charge in [-0.1, -0.05) is 35.3 Å². The number of hydrogen-bond donors (Lipinski definition) is 0. The molecule has 0 aliphatic carbocycles. The van der Waals surface area contributed by atoms with E-state index in [-0.39, 0.29) is 11.9 Å². The van der Waals surface area contributed by atoms with Crippen molar-refractivity contribution in [1.29, 1.82) is 0 Å². The van der Waals surface area contributed by atoms with E-state index in [4.69, 9.17) is 33.0 Å². The molecule has 2 aromatic carbocycles. The SMILES string of the molecule is Fc1ccc(C2=NN3[C@H](C2)c2cc(Cl)cc(Cl)c2O[C@@H]3c2ccncc2)cc1. The maximum Gasteiger partial charge on any atom is 0.214 e. The highest BCUT2D eigenvalue weighted by Crippen LogP contribution is 2.50. The standard InChI is InChI=1S/C21H14Cl2FN3O/c22-14-9-16-19-11-18(12-1-3-15(24)4-2-12)26-27(19)21(13-5-7-25-8-6-13)28-20(16)17(23)10-14/h1-10,19,21H,11H2/t19-,21-/m1/s1. The van der Waals surface area contributed by atoms with Crippen LogP contribution in [0.25, 0.3) is 0 Å². The van der Waals surface area contributed by atoms with Crippen LogP contribution in [0, 0.1) is 5.82 Å². The van der Waals surface area contributed by atoms with Crippen molar-refractivity contribution >= 4 is 28.9 Å². The van der Waals surface area contributed by atoms with E-state index in [9.17, 15) is 4.39 Å². The molecule has 28 heavy (non-hydrogen) atoms. The van der Waals surface area contributed by atoms with Crippen LogP contribution >= 0.6 is 23.2 Å². The van der Waals surface area contributed by atoms with E-state index in [0.29, 0.717) is 22.2 Å². The summed E-state index contributed by atoms with van der Waals surface area (Å²) in [7, 11) is 0. The van der Waals surface area contributed by atoms with Gasteiger partial charge in [-0.25, -0.2) is 9.40 Å². The monoisotopic (exact) mass is 413 g/mol. The number of pyridine rings is 1. The molecule has 0 fully saturated rings. The molecule has 140 valence electrons. The summed E-state index contributed by atoms with van der Waals surface area (Å²) in [6.07, 6.45) is 3.62. The molecule has 0 N–H and O–H groups in total. The smallest absolute Gasteiger partial charge is 0.214 e. The molecule has 2 aliphatic heterocycles. The van der Waals surface area contributed by atoms with E-state index in [1.54, 1.807) is 30.6 Å². The van der Waals surface area contributed by atoms with Gasteiger partial charge in [0.1, 0.15) is 11.6 Å². The third-order valence-corrected chi connectivity index (χ3v) is 5.48. The maximum absolute atomic E-state index is 13.3. The Kier molecular flexibility index (Phi) is 4.22. The molecule has 5 rings (SSSR count). The fourth-order valence-corrected chi connectivity index (χ4v) is 4.23. The predicted molar refractivity (Wildman–Crippen MR) is 106 cm³/mol. The van der Waals surface area contributed by atoms with Gasteiger partial charge in [0.05, 0.1) is 16.8 Å². The normalized spacial score (nSPS) is 20.2. The molecule has 0 bridgehead atoms. The van der Waals surface area contributed by atoms with Gasteiger partial charge in [-0.05, 0) is 42.0 Å². The summed E-state index contributed by atoms with van der Waals surface area (Å²) in [6, 6.07) is 13.6. The molecule has 2 atom stereocenters. The summed E-state index contributed by atoms with van der Waals surface area (Å²) in [5.74, 6) is 0.339. The largest absolute Gasteiger partial charge is 0.463 e. The Hall–Kier alpha value is -2.63. The second kappa shape index (κ2) is 6.76. The van der Waals surface area contributed by atoms with Crippen molar-refractivity contribution in [3.8, 4) is 5.75 Å². The zero-order valence-corrected chi connectivity index (χ0v) is 16.0. The Morgan fingerprint density at radius 3 is 2.54 bits per heavy atom. The van der Waals surface area contributed by atoms with Crippen LogP contribution in [0.5, 0.6) is 5.75 Å². The Morgan fingerprint density at radius 1 is 1.04 bits per heavy atom. The second-order valence-electron chi connectivity index (χ2n) is 6.71. The molecule has 2 aliphatic rings. The highest BCUT2D eigenvalue weighted by Gasteiger charge is 2.42. The first-order valence-electron chi connectivity index (χ1n) is 8.77. The lowest BCUT2D eigenvalue weighted by Crippen LogP contribution is -2.33. The summed E-state index contributed by atoms with van der Waals surface area (Å²) in [5.41, 5.74) is 3.54. The summed E-state index contributed by atoms with van der Waals surface area (Å²) in [4.78, 5) is 4.08. The van der Waals surface area contributed by atoms with Crippen LogP contribution in [0.1, 0.15) is 35.4 Å². The second-order valence-corrected chi connectivity index (χ2v) is 7.55. The minimum absolute atomic E-state index is 0.0850. The fraction of sp³-hybridized carbons (Fsp3) is 0.143. The number of aromatic nitrogens is 1. The quantitative estimate of drug-likeness (QED) is 0.534. The molecule has 4 nitrogen and oxygen atoms in total. The van der Waals surface area contributed by atoms with Gasteiger partial charge in [-0.3, -0.25) is 4.98 Å². The predicted octanol–water partition coefficient (Wildman–Crippen LogP) is 5.77. The van der Waals surface area contributed by atoms with Crippen LogP contribution in [-0.2, 0) is 0 Å². The number of hydrazone groups is 1. The third kappa shape index (κ3) is 2.91. The van der Waals surface area contributed by atoms with Crippen LogP contribution in [0.15, 0.2) is 66.0 Å². The van der Waals surface area contributed by atoms with Crippen LogP contribution in [-0.4, -0.2) is 15.7 Å². The first-order valence-corrected chi connectivity index (χ1v) is 9.53. The maximum atomic E-state index is 13.3. The molecule has 0 saturated heterocycles. The first kappa shape index (κ1) is 17.5.